The summed E-state index contributed by atoms with van der Waals surface area (Å²) in [5.74, 6) is 2.16. The number of piperazine rings is 1. The third kappa shape index (κ3) is 5.56. The van der Waals surface area contributed by atoms with Crippen LogP contribution in [0.15, 0.2) is 71.9 Å². The summed E-state index contributed by atoms with van der Waals surface area (Å²) < 4.78 is 18.9. The number of nitrogens with zero attached hydrogens (tertiary/aromatic N) is 8. The third-order valence-corrected chi connectivity index (χ3v) is 6.05. The summed E-state index contributed by atoms with van der Waals surface area (Å²) >= 11 is 0. The number of halogens is 1. The van der Waals surface area contributed by atoms with Gasteiger partial charge in [0.25, 0.3) is 0 Å². The molecule has 1 aliphatic rings. The van der Waals surface area contributed by atoms with Crippen LogP contribution in [0.5, 0.6) is 0 Å². The van der Waals surface area contributed by atoms with Gasteiger partial charge in [-0.2, -0.15) is 5.10 Å². The van der Waals surface area contributed by atoms with Crippen LogP contribution < -0.4 is 9.80 Å². The lowest BCUT2D eigenvalue weighted by Gasteiger charge is -2.35. The van der Waals surface area contributed by atoms with Gasteiger partial charge >= 0.3 is 0 Å². The van der Waals surface area contributed by atoms with Gasteiger partial charge in [0, 0.05) is 62.0 Å². The van der Waals surface area contributed by atoms with E-state index in [1.165, 1.54) is 12.1 Å². The van der Waals surface area contributed by atoms with Crippen molar-refractivity contribution in [2.45, 2.75) is 20.0 Å². The van der Waals surface area contributed by atoms with Crippen LogP contribution in [0.25, 0.3) is 16.8 Å². The predicted molar refractivity (Wildman–Crippen MR) is 137 cm³/mol. The van der Waals surface area contributed by atoms with Crippen LogP contribution in [0, 0.1) is 12.7 Å². The number of aromatic nitrogens is 6. The maximum atomic E-state index is 11.9. The van der Waals surface area contributed by atoms with Crippen molar-refractivity contribution in [1.29, 1.82) is 0 Å². The first-order valence-corrected chi connectivity index (χ1v) is 12.0. The lowest BCUT2D eigenvalue weighted by molar-refractivity contribution is 0.198. The number of aliphatic hydroxyl groups is 1. The van der Waals surface area contributed by atoms with Gasteiger partial charge < -0.3 is 19.4 Å². The molecule has 0 amide bonds. The first-order valence-electron chi connectivity index (χ1n) is 12.0. The monoisotopic (exact) mass is 502 g/mol. The molecule has 5 heterocycles. The minimum atomic E-state index is -0.566. The first kappa shape index (κ1) is 24.3. The minimum Gasteiger partial charge on any atom is -0.389 e. The number of fused-ring (bicyclic) bond motifs is 1. The number of benzene rings is 1. The van der Waals surface area contributed by atoms with Gasteiger partial charge in [-0.25, -0.2) is 23.9 Å². The summed E-state index contributed by atoms with van der Waals surface area (Å²) in [4.78, 5) is 17.7. The van der Waals surface area contributed by atoms with Crippen LogP contribution in [-0.4, -0.2) is 61.0 Å². The summed E-state index contributed by atoms with van der Waals surface area (Å²) in [5, 5.41) is 18.1. The molecule has 0 aliphatic carbocycles. The summed E-state index contributed by atoms with van der Waals surface area (Å²) in [6.45, 7) is 6.71. The Morgan fingerprint density at radius 1 is 0.973 bits per heavy atom. The molecule has 1 unspecified atom stereocenters. The number of aryl methyl sites for hydroxylation is 1. The fourth-order valence-electron chi connectivity index (χ4n) is 4.05. The molecule has 4 aromatic heterocycles. The van der Waals surface area contributed by atoms with Crippen molar-refractivity contribution in [3.8, 4) is 11.3 Å². The number of anilines is 2. The van der Waals surface area contributed by atoms with E-state index in [1.54, 1.807) is 43.8 Å². The molecule has 11 heteroatoms. The van der Waals surface area contributed by atoms with E-state index >= 15 is 0 Å². The normalized spacial score (nSPS) is 14.4. The van der Waals surface area contributed by atoms with Crippen molar-refractivity contribution in [3.63, 3.8) is 0 Å². The second-order valence-electron chi connectivity index (χ2n) is 8.73. The Hall–Kier alpha value is -4.38. The molecule has 1 aromatic carbocycles. The van der Waals surface area contributed by atoms with Gasteiger partial charge in [-0.3, -0.25) is 0 Å². The fourth-order valence-corrected chi connectivity index (χ4v) is 4.05. The average Bonchev–Trinajstić information content (AvgIpc) is 3.56. The van der Waals surface area contributed by atoms with Crippen LogP contribution in [0.2, 0.25) is 0 Å². The molecule has 1 fully saturated rings. The van der Waals surface area contributed by atoms with E-state index in [2.05, 4.69) is 35.0 Å². The molecule has 0 saturated carbocycles. The molecule has 37 heavy (non-hydrogen) atoms. The van der Waals surface area contributed by atoms with Crippen molar-refractivity contribution < 1.29 is 14.0 Å². The summed E-state index contributed by atoms with van der Waals surface area (Å²) in [7, 11) is 0. The zero-order valence-electron chi connectivity index (χ0n) is 20.6. The molecule has 10 nitrogen and oxygen atoms in total. The van der Waals surface area contributed by atoms with E-state index in [9.17, 15) is 9.50 Å². The number of rotatable bonds is 4. The zero-order valence-corrected chi connectivity index (χ0v) is 20.6. The highest BCUT2D eigenvalue weighted by molar-refractivity contribution is 5.76. The maximum absolute atomic E-state index is 11.9. The van der Waals surface area contributed by atoms with Gasteiger partial charge in [0.1, 0.15) is 29.1 Å². The standard InChI is InChI=1S/C20H22N8O2.C6H5F/c1-13-7-17(25-30-13)15-8-18-19(23-12-24-28(18)11-15)26-3-5-27(6-4-26)20-21-9-16(10-22-20)14(2)29;7-6-4-2-1-3-5-6/h7-12,14,29H,3-6H2,1-2H3;1-5H. The minimum absolute atomic E-state index is 0.178. The van der Waals surface area contributed by atoms with Crippen molar-refractivity contribution >= 4 is 17.3 Å². The van der Waals surface area contributed by atoms with Gasteiger partial charge in [-0.1, -0.05) is 23.4 Å². The first-order chi connectivity index (χ1) is 18.0. The smallest absolute Gasteiger partial charge is 0.225 e. The van der Waals surface area contributed by atoms with Crippen molar-refractivity contribution in [1.82, 2.24) is 29.7 Å². The van der Waals surface area contributed by atoms with Crippen LogP contribution in [0.3, 0.4) is 0 Å². The summed E-state index contributed by atoms with van der Waals surface area (Å²) in [6.07, 6.45) is 6.31. The highest BCUT2D eigenvalue weighted by Gasteiger charge is 2.22. The van der Waals surface area contributed by atoms with E-state index in [0.29, 0.717) is 11.5 Å². The Bertz CT molecular complexity index is 1440. The summed E-state index contributed by atoms with van der Waals surface area (Å²) in [6, 6.07) is 11.9. The van der Waals surface area contributed by atoms with Crippen molar-refractivity contribution in [2.24, 2.45) is 0 Å². The zero-order chi connectivity index (χ0) is 25.8. The van der Waals surface area contributed by atoms with Crippen LogP contribution in [0.4, 0.5) is 16.2 Å². The van der Waals surface area contributed by atoms with Gasteiger partial charge in [0.05, 0.1) is 6.10 Å². The van der Waals surface area contributed by atoms with E-state index in [1.807, 2.05) is 29.8 Å². The number of hydrogen-bond donors (Lipinski definition) is 1. The second-order valence-corrected chi connectivity index (χ2v) is 8.73. The van der Waals surface area contributed by atoms with Gasteiger partial charge in [0.2, 0.25) is 5.95 Å². The van der Waals surface area contributed by atoms with Gasteiger partial charge in [-0.05, 0) is 32.0 Å². The van der Waals surface area contributed by atoms with Crippen LogP contribution in [0.1, 0.15) is 24.4 Å². The molecule has 0 spiro atoms. The lowest BCUT2D eigenvalue weighted by atomic mass is 10.2. The highest BCUT2D eigenvalue weighted by Crippen LogP contribution is 2.27. The quantitative estimate of drug-likeness (QED) is 0.394. The van der Waals surface area contributed by atoms with Crippen molar-refractivity contribution in [2.75, 3.05) is 36.0 Å². The molecule has 1 aliphatic heterocycles. The topological polar surface area (TPSA) is 109 Å². The second kappa shape index (κ2) is 10.7. The highest BCUT2D eigenvalue weighted by atomic mass is 19.1. The molecule has 1 N–H and O–H groups in total. The Balaban J connectivity index is 0.000000348. The Kier molecular flexibility index (Phi) is 7.04. The number of aliphatic hydroxyl groups excluding tert-OH is 1. The average molecular weight is 503 g/mol. The molecular weight excluding hydrogens is 475 g/mol. The Morgan fingerprint density at radius 3 is 2.27 bits per heavy atom. The molecular formula is C26H27FN8O2. The largest absolute Gasteiger partial charge is 0.389 e. The molecule has 190 valence electrons. The van der Waals surface area contributed by atoms with E-state index < -0.39 is 6.10 Å². The third-order valence-electron chi connectivity index (χ3n) is 6.05. The lowest BCUT2D eigenvalue weighted by Crippen LogP contribution is -2.47. The van der Waals surface area contributed by atoms with Crippen molar-refractivity contribution in [3.05, 3.63) is 84.5 Å². The van der Waals surface area contributed by atoms with E-state index in [0.717, 1.165) is 54.5 Å². The van der Waals surface area contributed by atoms with Crippen LogP contribution in [-0.2, 0) is 0 Å². The van der Waals surface area contributed by atoms with E-state index in [-0.39, 0.29) is 5.82 Å². The van der Waals surface area contributed by atoms with Gasteiger partial charge in [-0.15, -0.1) is 0 Å². The maximum Gasteiger partial charge on any atom is 0.225 e. The molecule has 1 atom stereocenters. The molecule has 5 aromatic rings. The van der Waals surface area contributed by atoms with Gasteiger partial charge in [0.15, 0.2) is 5.82 Å². The number of hydrogen-bond acceptors (Lipinski definition) is 9. The van der Waals surface area contributed by atoms with Crippen LogP contribution >= 0.6 is 0 Å². The molecule has 1 saturated heterocycles. The molecule has 0 radical (unpaired) electrons. The fraction of sp³-hybridized carbons (Fsp3) is 0.269. The predicted octanol–water partition coefficient (Wildman–Crippen LogP) is 3.69. The Morgan fingerprint density at radius 2 is 1.68 bits per heavy atom. The molecule has 6 rings (SSSR count). The SMILES string of the molecule is Cc1cc(-c2cc3c(N4CCN(c5ncc(C(C)O)cn5)CC4)ncnn3c2)no1.Fc1ccccc1. The summed E-state index contributed by atoms with van der Waals surface area (Å²) in [5.41, 5.74) is 3.37. The molecule has 0 bridgehead atoms. The van der Waals surface area contributed by atoms with E-state index in [4.69, 9.17) is 4.52 Å². The Labute approximate surface area is 213 Å².